The van der Waals surface area contributed by atoms with Crippen molar-refractivity contribution < 1.29 is 47.4 Å². The number of ether oxygens (including phenoxy) is 10. The molecule has 11 aromatic rings. The van der Waals surface area contributed by atoms with E-state index in [0.29, 0.717) is 106 Å². The number of benzene rings is 8. The van der Waals surface area contributed by atoms with Gasteiger partial charge in [0.2, 0.25) is 0 Å². The zero-order valence-corrected chi connectivity index (χ0v) is 44.8. The zero-order chi connectivity index (χ0) is 50.8. The van der Waals surface area contributed by atoms with E-state index in [-0.39, 0.29) is 0 Å². The Morgan fingerprint density at radius 3 is 0.987 bits per heavy atom. The molecule has 0 unspecified atom stereocenters. The van der Waals surface area contributed by atoms with Gasteiger partial charge in [0.25, 0.3) is 0 Å². The molecule has 3 aromatic heterocycles. The van der Waals surface area contributed by atoms with Gasteiger partial charge in [0.1, 0.15) is 49.4 Å². The number of thiophene rings is 3. The lowest BCUT2D eigenvalue weighted by Crippen LogP contribution is -2.14. The third-order valence-corrected chi connectivity index (χ3v) is 16.9. The van der Waals surface area contributed by atoms with Gasteiger partial charge in [-0.3, -0.25) is 0 Å². The first-order chi connectivity index (χ1) is 37.1. The van der Waals surface area contributed by atoms with Crippen LogP contribution in [-0.4, -0.2) is 106 Å². The fraction of sp³-hybridized carbons (Fsp3) is 0.290. The van der Waals surface area contributed by atoms with Crippen LogP contribution in [0.1, 0.15) is 11.1 Å². The SMILES string of the molecule is Cc1csc(-c2ccc(-c3scc(C)c3OCCOCCOCCOCCOc3ccc4ccc5cccc6ccc3c4c56)s2)c1OCCOCCOCCOCCOc1ccc2ccc3cccc4ccc1c2c34. The summed E-state index contributed by atoms with van der Waals surface area (Å²) in [6.45, 7) is 11.8. The van der Waals surface area contributed by atoms with E-state index in [2.05, 4.69) is 146 Å². The van der Waals surface area contributed by atoms with Gasteiger partial charge in [0, 0.05) is 42.4 Å². The first-order valence-electron chi connectivity index (χ1n) is 25.7. The second-order valence-electron chi connectivity index (χ2n) is 18.2. The van der Waals surface area contributed by atoms with Crippen LogP contribution in [0.5, 0.6) is 23.0 Å². The Kier molecular flexibility index (Phi) is 16.8. The number of hydrogen-bond acceptors (Lipinski definition) is 13. The summed E-state index contributed by atoms with van der Waals surface area (Å²) >= 11 is 5.15. The highest BCUT2D eigenvalue weighted by Crippen LogP contribution is 2.48. The van der Waals surface area contributed by atoms with Crippen LogP contribution in [0.25, 0.3) is 84.1 Å². The van der Waals surface area contributed by atoms with Crippen LogP contribution in [0.3, 0.4) is 0 Å². The molecule has 8 aromatic carbocycles. The average Bonchev–Trinajstić information content (AvgIpc) is 4.22. The zero-order valence-electron chi connectivity index (χ0n) is 42.3. The fourth-order valence-corrected chi connectivity index (χ4v) is 13.0. The highest BCUT2D eigenvalue weighted by molar-refractivity contribution is 7.26. The van der Waals surface area contributed by atoms with Crippen LogP contribution < -0.4 is 18.9 Å². The highest BCUT2D eigenvalue weighted by atomic mass is 32.1. The third-order valence-electron chi connectivity index (χ3n) is 13.3. The molecule has 0 spiro atoms. The topological polar surface area (TPSA) is 92.3 Å². The van der Waals surface area contributed by atoms with Crippen LogP contribution >= 0.6 is 34.0 Å². The summed E-state index contributed by atoms with van der Waals surface area (Å²) in [6.07, 6.45) is 0. The minimum absolute atomic E-state index is 0.449. The molecule has 0 saturated heterocycles. The number of hydrogen-bond donors (Lipinski definition) is 0. The van der Waals surface area contributed by atoms with Crippen LogP contribution in [0.4, 0.5) is 0 Å². The molecule has 386 valence electrons. The van der Waals surface area contributed by atoms with E-state index in [4.69, 9.17) is 47.4 Å². The van der Waals surface area contributed by atoms with Crippen molar-refractivity contribution in [2.75, 3.05) is 106 Å². The average molecular weight is 1060 g/mol. The largest absolute Gasteiger partial charge is 0.491 e. The van der Waals surface area contributed by atoms with Crippen molar-refractivity contribution in [3.63, 3.8) is 0 Å². The van der Waals surface area contributed by atoms with E-state index in [9.17, 15) is 0 Å². The van der Waals surface area contributed by atoms with Gasteiger partial charge < -0.3 is 47.4 Å². The first-order valence-corrected chi connectivity index (χ1v) is 28.2. The van der Waals surface area contributed by atoms with Gasteiger partial charge in [0.15, 0.2) is 0 Å². The predicted molar refractivity (Wildman–Crippen MR) is 308 cm³/mol. The van der Waals surface area contributed by atoms with Crippen molar-refractivity contribution in [1.29, 1.82) is 0 Å². The minimum atomic E-state index is 0.449. The van der Waals surface area contributed by atoms with E-state index >= 15 is 0 Å². The Labute approximate surface area is 448 Å². The molecule has 0 saturated carbocycles. The quantitative estimate of drug-likeness (QED) is 0.0320. The molecule has 75 heavy (non-hydrogen) atoms. The first kappa shape index (κ1) is 51.0. The summed E-state index contributed by atoms with van der Waals surface area (Å²) < 4.78 is 59.7. The Morgan fingerprint density at radius 1 is 0.307 bits per heavy atom. The van der Waals surface area contributed by atoms with Gasteiger partial charge in [0.05, 0.1) is 89.0 Å². The summed E-state index contributed by atoms with van der Waals surface area (Å²) in [5.41, 5.74) is 2.23. The molecule has 3 heterocycles. The Balaban J connectivity index is 0.530. The minimum Gasteiger partial charge on any atom is -0.491 e. The molecular weight excluding hydrogens is 1000 g/mol. The van der Waals surface area contributed by atoms with Crippen LogP contribution in [0.15, 0.2) is 132 Å². The summed E-state index contributed by atoms with van der Waals surface area (Å²) in [7, 11) is 0. The summed E-state index contributed by atoms with van der Waals surface area (Å²) in [5, 5.41) is 19.1. The van der Waals surface area contributed by atoms with E-state index in [1.807, 2.05) is 0 Å². The maximum absolute atomic E-state index is 6.30. The molecule has 0 aliphatic rings. The molecular formula is C62H60O10S3. The molecule has 0 atom stereocenters. The second-order valence-corrected chi connectivity index (χ2v) is 21.1. The number of rotatable bonds is 30. The van der Waals surface area contributed by atoms with E-state index < -0.39 is 0 Å². The molecule has 0 amide bonds. The standard InChI is InChI=1S/C62H60O10S3/c1-41-39-73-61(59(41)71-37-33-67-29-25-63-23-27-65-31-35-69-51-19-15-47-11-9-43-5-3-7-45-13-17-49(51)57(47)55(43)45)53-21-22-54(75-53)62-60(42(2)40-74-62)72-38-34-68-30-26-64-24-28-66-32-36-70-52-20-16-48-12-10-44-6-4-8-46-14-18-50(52)58(48)56(44)46/h3-22,39-40H,23-38H2,1-2H3. The monoisotopic (exact) mass is 1060 g/mol. The van der Waals surface area contributed by atoms with Gasteiger partial charge in [-0.25, -0.2) is 0 Å². The lowest BCUT2D eigenvalue weighted by molar-refractivity contribution is 0.00507. The predicted octanol–water partition coefficient (Wildman–Crippen LogP) is 14.6. The van der Waals surface area contributed by atoms with Gasteiger partial charge in [-0.1, -0.05) is 84.9 Å². The van der Waals surface area contributed by atoms with Gasteiger partial charge >= 0.3 is 0 Å². The summed E-state index contributed by atoms with van der Waals surface area (Å²) in [6, 6.07) is 43.0. The Bertz CT molecular complexity index is 3330. The Morgan fingerprint density at radius 2 is 0.613 bits per heavy atom. The molecule has 0 aliphatic heterocycles. The smallest absolute Gasteiger partial charge is 0.141 e. The van der Waals surface area contributed by atoms with Crippen LogP contribution in [0.2, 0.25) is 0 Å². The molecule has 0 bridgehead atoms. The third kappa shape index (κ3) is 11.7. The van der Waals surface area contributed by atoms with Crippen molar-refractivity contribution in [2.24, 2.45) is 0 Å². The van der Waals surface area contributed by atoms with E-state index in [1.165, 1.54) is 53.9 Å². The van der Waals surface area contributed by atoms with Crippen molar-refractivity contribution >= 4 is 98.6 Å². The Hall–Kier alpha value is -6.10. The van der Waals surface area contributed by atoms with Crippen molar-refractivity contribution in [3.05, 3.63) is 143 Å². The molecule has 0 radical (unpaired) electrons. The molecule has 11 rings (SSSR count). The van der Waals surface area contributed by atoms with Crippen LogP contribution in [-0.2, 0) is 28.4 Å². The number of aryl methyl sites for hydroxylation is 2. The maximum Gasteiger partial charge on any atom is 0.141 e. The lowest BCUT2D eigenvalue weighted by atomic mass is 9.94. The normalized spacial score (nSPS) is 12.0. The second kappa shape index (κ2) is 24.7. The van der Waals surface area contributed by atoms with Crippen molar-refractivity contribution in [1.82, 2.24) is 0 Å². The molecule has 13 heteroatoms. The summed E-state index contributed by atoms with van der Waals surface area (Å²) in [4.78, 5) is 4.56. The molecule has 0 N–H and O–H groups in total. The molecule has 0 aliphatic carbocycles. The van der Waals surface area contributed by atoms with Crippen molar-refractivity contribution in [2.45, 2.75) is 13.8 Å². The van der Waals surface area contributed by atoms with Crippen LogP contribution in [0, 0.1) is 13.8 Å². The molecule has 10 nitrogen and oxygen atoms in total. The fourth-order valence-electron chi connectivity index (χ4n) is 9.73. The summed E-state index contributed by atoms with van der Waals surface area (Å²) in [5.74, 6) is 3.57. The molecule has 0 fully saturated rings. The maximum atomic E-state index is 6.30. The van der Waals surface area contributed by atoms with E-state index in [1.54, 1.807) is 34.0 Å². The van der Waals surface area contributed by atoms with Gasteiger partial charge in [-0.15, -0.1) is 34.0 Å². The lowest BCUT2D eigenvalue weighted by Gasteiger charge is -2.14. The van der Waals surface area contributed by atoms with Gasteiger partial charge in [-0.05, 0) is 104 Å². The van der Waals surface area contributed by atoms with E-state index in [0.717, 1.165) is 64.4 Å². The highest BCUT2D eigenvalue weighted by Gasteiger charge is 2.19. The van der Waals surface area contributed by atoms with Gasteiger partial charge in [-0.2, -0.15) is 0 Å². The van der Waals surface area contributed by atoms with Crippen molar-refractivity contribution in [3.8, 4) is 42.5 Å².